The van der Waals surface area contributed by atoms with Gasteiger partial charge in [0.15, 0.2) is 0 Å². The van der Waals surface area contributed by atoms with Gasteiger partial charge in [-0.05, 0) is 12.3 Å². The average molecular weight is 241 g/mol. The molecule has 3 N–H and O–H groups in total. The highest BCUT2D eigenvalue weighted by atomic mass is 16.5. The number of carbonyl (C=O) groups is 1. The molecule has 2 heterocycles. The first-order valence-electron chi connectivity index (χ1n) is 6.53. The Bertz CT molecular complexity index is 272. The molecule has 98 valence electrons. The third-order valence-electron chi connectivity index (χ3n) is 3.86. The van der Waals surface area contributed by atoms with Gasteiger partial charge in [-0.3, -0.25) is 4.79 Å². The van der Waals surface area contributed by atoms with E-state index in [-0.39, 0.29) is 17.9 Å². The van der Waals surface area contributed by atoms with Crippen LogP contribution in [0.3, 0.4) is 0 Å². The molecule has 0 aromatic carbocycles. The molecule has 0 radical (unpaired) electrons. The van der Waals surface area contributed by atoms with E-state index >= 15 is 0 Å². The van der Waals surface area contributed by atoms with Crippen LogP contribution in [-0.4, -0.2) is 56.2 Å². The molecule has 0 bridgehead atoms. The van der Waals surface area contributed by atoms with Gasteiger partial charge in [-0.15, -0.1) is 0 Å². The number of nitrogens with one attached hydrogen (secondary N) is 1. The molecule has 2 fully saturated rings. The molecule has 0 aromatic heterocycles. The summed E-state index contributed by atoms with van der Waals surface area (Å²) in [5.74, 6) is 0.721. The van der Waals surface area contributed by atoms with Crippen LogP contribution in [0.4, 0.5) is 0 Å². The van der Waals surface area contributed by atoms with Gasteiger partial charge in [-0.2, -0.15) is 0 Å². The zero-order chi connectivity index (χ0) is 12.3. The fraction of sp³-hybridized carbons (Fsp3) is 0.917. The Labute approximate surface area is 103 Å². The van der Waals surface area contributed by atoms with E-state index in [0.29, 0.717) is 25.7 Å². The van der Waals surface area contributed by atoms with Gasteiger partial charge >= 0.3 is 0 Å². The van der Waals surface area contributed by atoms with Crippen molar-refractivity contribution in [2.45, 2.75) is 19.4 Å². The molecule has 3 unspecified atom stereocenters. The van der Waals surface area contributed by atoms with Crippen LogP contribution in [0, 0.1) is 11.8 Å². The SMILES string of the molecule is CC1COCCC1C(=O)N1CCNCC1CN. The second-order valence-corrected chi connectivity index (χ2v) is 5.07. The maximum Gasteiger partial charge on any atom is 0.226 e. The van der Waals surface area contributed by atoms with Crippen molar-refractivity contribution in [1.29, 1.82) is 0 Å². The Morgan fingerprint density at radius 3 is 3.12 bits per heavy atom. The molecule has 17 heavy (non-hydrogen) atoms. The number of ether oxygens (including phenoxy) is 1. The summed E-state index contributed by atoms with van der Waals surface area (Å²) < 4.78 is 5.39. The summed E-state index contributed by atoms with van der Waals surface area (Å²) >= 11 is 0. The van der Waals surface area contributed by atoms with Gasteiger partial charge in [0.1, 0.15) is 0 Å². The molecular weight excluding hydrogens is 218 g/mol. The minimum absolute atomic E-state index is 0.121. The second-order valence-electron chi connectivity index (χ2n) is 5.07. The van der Waals surface area contributed by atoms with E-state index < -0.39 is 0 Å². The summed E-state index contributed by atoms with van der Waals surface area (Å²) in [6.45, 7) is 6.53. The maximum atomic E-state index is 12.5. The van der Waals surface area contributed by atoms with Crippen molar-refractivity contribution in [3.8, 4) is 0 Å². The standard InChI is InChI=1S/C12H23N3O2/c1-9-8-17-5-2-11(9)12(16)15-4-3-14-7-10(15)6-13/h9-11,14H,2-8,13H2,1H3. The number of rotatable bonds is 2. The fourth-order valence-electron chi connectivity index (χ4n) is 2.72. The van der Waals surface area contributed by atoms with E-state index in [0.717, 1.165) is 26.1 Å². The van der Waals surface area contributed by atoms with Crippen molar-refractivity contribution in [2.75, 3.05) is 39.4 Å². The first-order chi connectivity index (χ1) is 8.24. The number of hydrogen-bond acceptors (Lipinski definition) is 4. The van der Waals surface area contributed by atoms with Crippen molar-refractivity contribution in [2.24, 2.45) is 17.6 Å². The van der Waals surface area contributed by atoms with E-state index in [1.54, 1.807) is 0 Å². The summed E-state index contributed by atoms with van der Waals surface area (Å²) in [6, 6.07) is 0.159. The number of hydrogen-bond donors (Lipinski definition) is 2. The Morgan fingerprint density at radius 1 is 1.59 bits per heavy atom. The number of amides is 1. The zero-order valence-electron chi connectivity index (χ0n) is 10.5. The fourth-order valence-corrected chi connectivity index (χ4v) is 2.72. The third-order valence-corrected chi connectivity index (χ3v) is 3.86. The Morgan fingerprint density at radius 2 is 2.41 bits per heavy atom. The van der Waals surface area contributed by atoms with Gasteiger partial charge in [0.05, 0.1) is 6.04 Å². The van der Waals surface area contributed by atoms with Gasteiger partial charge in [-0.25, -0.2) is 0 Å². The molecule has 3 atom stereocenters. The van der Waals surface area contributed by atoms with Crippen LogP contribution < -0.4 is 11.1 Å². The van der Waals surface area contributed by atoms with Crippen molar-refractivity contribution in [3.05, 3.63) is 0 Å². The Kier molecular flexibility index (Phi) is 4.36. The first-order valence-corrected chi connectivity index (χ1v) is 6.53. The quantitative estimate of drug-likeness (QED) is 0.678. The molecular formula is C12H23N3O2. The topological polar surface area (TPSA) is 67.6 Å². The lowest BCUT2D eigenvalue weighted by atomic mass is 9.88. The highest BCUT2D eigenvalue weighted by Gasteiger charge is 2.35. The molecule has 0 spiro atoms. The van der Waals surface area contributed by atoms with Crippen LogP contribution in [0.5, 0.6) is 0 Å². The average Bonchev–Trinajstić information content (AvgIpc) is 2.38. The smallest absolute Gasteiger partial charge is 0.226 e. The van der Waals surface area contributed by atoms with Crippen molar-refractivity contribution < 1.29 is 9.53 Å². The van der Waals surface area contributed by atoms with Gasteiger partial charge in [-0.1, -0.05) is 6.92 Å². The number of nitrogens with zero attached hydrogens (tertiary/aromatic N) is 1. The summed E-state index contributed by atoms with van der Waals surface area (Å²) in [7, 11) is 0. The molecule has 0 saturated carbocycles. The van der Waals surface area contributed by atoms with Crippen LogP contribution >= 0.6 is 0 Å². The van der Waals surface area contributed by atoms with E-state index in [4.69, 9.17) is 10.5 Å². The number of piperazine rings is 1. The molecule has 5 nitrogen and oxygen atoms in total. The van der Waals surface area contributed by atoms with E-state index in [1.807, 2.05) is 4.90 Å². The van der Waals surface area contributed by atoms with Crippen LogP contribution in [0.15, 0.2) is 0 Å². The summed E-state index contributed by atoms with van der Waals surface area (Å²) in [4.78, 5) is 14.5. The molecule has 0 aromatic rings. The molecule has 1 amide bonds. The van der Waals surface area contributed by atoms with Gasteiger partial charge in [0, 0.05) is 45.3 Å². The van der Waals surface area contributed by atoms with Crippen LogP contribution in [0.25, 0.3) is 0 Å². The van der Waals surface area contributed by atoms with Crippen LogP contribution in [-0.2, 0) is 9.53 Å². The van der Waals surface area contributed by atoms with Gasteiger partial charge < -0.3 is 20.7 Å². The highest BCUT2D eigenvalue weighted by Crippen LogP contribution is 2.24. The van der Waals surface area contributed by atoms with Crippen molar-refractivity contribution in [3.63, 3.8) is 0 Å². The molecule has 0 aliphatic carbocycles. The monoisotopic (exact) mass is 241 g/mol. The van der Waals surface area contributed by atoms with Crippen molar-refractivity contribution in [1.82, 2.24) is 10.2 Å². The third kappa shape index (κ3) is 2.78. The lowest BCUT2D eigenvalue weighted by molar-refractivity contribution is -0.144. The van der Waals surface area contributed by atoms with E-state index in [2.05, 4.69) is 12.2 Å². The first kappa shape index (κ1) is 12.8. The number of nitrogens with two attached hydrogens (primary N) is 1. The molecule has 2 saturated heterocycles. The Balaban J connectivity index is 2.01. The summed E-state index contributed by atoms with van der Waals surface area (Å²) in [5.41, 5.74) is 5.74. The van der Waals surface area contributed by atoms with E-state index in [9.17, 15) is 4.79 Å². The van der Waals surface area contributed by atoms with Crippen LogP contribution in [0.2, 0.25) is 0 Å². The number of carbonyl (C=O) groups excluding carboxylic acids is 1. The van der Waals surface area contributed by atoms with Crippen LogP contribution in [0.1, 0.15) is 13.3 Å². The second kappa shape index (κ2) is 5.80. The molecule has 5 heteroatoms. The zero-order valence-corrected chi connectivity index (χ0v) is 10.5. The summed E-state index contributed by atoms with van der Waals surface area (Å²) in [5, 5.41) is 3.29. The molecule has 2 rings (SSSR count). The maximum absolute atomic E-state index is 12.5. The minimum atomic E-state index is 0.121. The lowest BCUT2D eigenvalue weighted by Gasteiger charge is -2.40. The predicted molar refractivity (Wildman–Crippen MR) is 65.5 cm³/mol. The largest absolute Gasteiger partial charge is 0.381 e. The predicted octanol–water partition coefficient (Wildman–Crippen LogP) is -0.582. The lowest BCUT2D eigenvalue weighted by Crippen LogP contribution is -2.58. The normalized spacial score (nSPS) is 34.7. The van der Waals surface area contributed by atoms with Crippen molar-refractivity contribution >= 4 is 5.91 Å². The van der Waals surface area contributed by atoms with Gasteiger partial charge in [0.25, 0.3) is 0 Å². The minimum Gasteiger partial charge on any atom is -0.381 e. The van der Waals surface area contributed by atoms with Gasteiger partial charge in [0.2, 0.25) is 5.91 Å². The highest BCUT2D eigenvalue weighted by molar-refractivity contribution is 5.79. The molecule has 2 aliphatic rings. The molecule has 2 aliphatic heterocycles. The van der Waals surface area contributed by atoms with E-state index in [1.165, 1.54) is 0 Å². The summed E-state index contributed by atoms with van der Waals surface area (Å²) in [6.07, 6.45) is 0.848. The Hall–Kier alpha value is -0.650.